The highest BCUT2D eigenvalue weighted by atomic mass is 19.1. The molecule has 0 unspecified atom stereocenters. The van der Waals surface area contributed by atoms with E-state index in [1.165, 1.54) is 13.3 Å². The van der Waals surface area contributed by atoms with E-state index in [1.54, 1.807) is 0 Å². The first kappa shape index (κ1) is 13.6. The summed E-state index contributed by atoms with van der Waals surface area (Å²) in [5, 5.41) is 26.4. The van der Waals surface area contributed by atoms with Gasteiger partial charge in [-0.05, 0) is 25.1 Å². The molecule has 0 saturated carbocycles. The van der Waals surface area contributed by atoms with Gasteiger partial charge < -0.3 is 10.2 Å². The molecule has 1 heterocycles. The minimum absolute atomic E-state index is 0.187. The number of nitrogens with zero attached hydrogens (tertiary/aromatic N) is 2. The molecular formula is C12H13F2N3O2. The molecule has 0 saturated heterocycles. The Morgan fingerprint density at radius 2 is 2.16 bits per heavy atom. The van der Waals surface area contributed by atoms with Crippen molar-refractivity contribution in [3.05, 3.63) is 47.5 Å². The molecule has 19 heavy (non-hydrogen) atoms. The number of hydrogen-bond donors (Lipinski definition) is 3. The molecule has 1 aromatic heterocycles. The topological polar surface area (TPSA) is 82.0 Å². The Hall–Kier alpha value is -1.86. The number of aromatic nitrogens is 3. The van der Waals surface area contributed by atoms with Crippen LogP contribution in [0.2, 0.25) is 0 Å². The Morgan fingerprint density at radius 3 is 2.74 bits per heavy atom. The lowest BCUT2D eigenvalue weighted by atomic mass is 9.85. The first-order valence-corrected chi connectivity index (χ1v) is 5.64. The van der Waals surface area contributed by atoms with Gasteiger partial charge in [0.25, 0.3) is 0 Å². The average molecular weight is 269 g/mol. The molecule has 2 atom stereocenters. The zero-order valence-electron chi connectivity index (χ0n) is 10.1. The normalized spacial score (nSPS) is 16.1. The molecule has 0 aliphatic carbocycles. The molecule has 7 heteroatoms. The van der Waals surface area contributed by atoms with Crippen molar-refractivity contribution >= 4 is 0 Å². The number of hydrogen-bond acceptors (Lipinski definition) is 4. The second-order valence-electron chi connectivity index (χ2n) is 4.32. The van der Waals surface area contributed by atoms with Crippen LogP contribution in [0.25, 0.3) is 0 Å². The maximum absolute atomic E-state index is 13.8. The predicted octanol–water partition coefficient (Wildman–Crippen LogP) is 0.894. The minimum Gasteiger partial charge on any atom is -0.390 e. The molecule has 0 aliphatic heterocycles. The zero-order chi connectivity index (χ0) is 14.0. The maximum atomic E-state index is 13.8. The zero-order valence-corrected chi connectivity index (χ0v) is 10.1. The van der Waals surface area contributed by atoms with Crippen LogP contribution in [0.15, 0.2) is 24.5 Å². The molecule has 2 aromatic rings. The number of benzene rings is 1. The van der Waals surface area contributed by atoms with E-state index in [1.807, 2.05) is 0 Å². The second kappa shape index (κ2) is 5.02. The molecule has 1 aromatic carbocycles. The summed E-state index contributed by atoms with van der Waals surface area (Å²) >= 11 is 0. The van der Waals surface area contributed by atoms with Crippen molar-refractivity contribution in [1.29, 1.82) is 0 Å². The van der Waals surface area contributed by atoms with Gasteiger partial charge in [-0.1, -0.05) is 0 Å². The van der Waals surface area contributed by atoms with Gasteiger partial charge in [-0.15, -0.1) is 0 Å². The van der Waals surface area contributed by atoms with Gasteiger partial charge in [-0.2, -0.15) is 5.10 Å². The summed E-state index contributed by atoms with van der Waals surface area (Å²) in [6.45, 7) is 1.29. The maximum Gasteiger partial charge on any atom is 0.153 e. The summed E-state index contributed by atoms with van der Waals surface area (Å²) in [6, 6.07) is 2.69. The van der Waals surface area contributed by atoms with Crippen molar-refractivity contribution in [3.63, 3.8) is 0 Å². The van der Waals surface area contributed by atoms with Crippen molar-refractivity contribution in [2.45, 2.75) is 25.0 Å². The van der Waals surface area contributed by atoms with Gasteiger partial charge in [-0.25, -0.2) is 13.8 Å². The van der Waals surface area contributed by atoms with E-state index in [-0.39, 0.29) is 17.8 Å². The predicted molar refractivity (Wildman–Crippen MR) is 62.0 cm³/mol. The fourth-order valence-corrected chi connectivity index (χ4v) is 1.86. The standard InChI is InChI=1S/C12H13F2N3O2/c1-7(18)12(19,5-11-15-6-16-17-11)9-4-8(13)2-3-10(9)14/h2-4,6-7,18-19H,5H2,1H3,(H,15,16,17)/t7-,12+/m1/s1. The third-order valence-electron chi connectivity index (χ3n) is 2.98. The Bertz CT molecular complexity index is 560. The highest BCUT2D eigenvalue weighted by Gasteiger charge is 2.38. The first-order valence-electron chi connectivity index (χ1n) is 5.64. The molecule has 0 spiro atoms. The van der Waals surface area contributed by atoms with Crippen molar-refractivity contribution in [3.8, 4) is 0 Å². The fraction of sp³-hybridized carbons (Fsp3) is 0.333. The Labute approximate surface area is 107 Å². The van der Waals surface area contributed by atoms with Crippen molar-refractivity contribution < 1.29 is 19.0 Å². The Morgan fingerprint density at radius 1 is 1.42 bits per heavy atom. The number of aliphatic hydroxyl groups excluding tert-OH is 1. The summed E-state index contributed by atoms with van der Waals surface area (Å²) < 4.78 is 27.0. The van der Waals surface area contributed by atoms with Gasteiger partial charge in [-0.3, -0.25) is 5.10 Å². The van der Waals surface area contributed by atoms with Crippen molar-refractivity contribution in [2.75, 3.05) is 0 Å². The first-order chi connectivity index (χ1) is 8.93. The van der Waals surface area contributed by atoms with Gasteiger partial charge in [0.1, 0.15) is 23.6 Å². The summed E-state index contributed by atoms with van der Waals surface area (Å²) in [7, 11) is 0. The minimum atomic E-state index is -2.01. The largest absolute Gasteiger partial charge is 0.390 e. The molecule has 2 rings (SSSR count). The number of nitrogens with one attached hydrogen (secondary N) is 1. The second-order valence-corrected chi connectivity index (χ2v) is 4.32. The molecule has 5 nitrogen and oxygen atoms in total. The van der Waals surface area contributed by atoms with E-state index in [4.69, 9.17) is 0 Å². The van der Waals surface area contributed by atoms with Crippen LogP contribution < -0.4 is 0 Å². The van der Waals surface area contributed by atoms with Gasteiger partial charge in [0.2, 0.25) is 0 Å². The number of halogens is 2. The Balaban J connectivity index is 2.46. The Kier molecular flexibility index (Phi) is 3.59. The summed E-state index contributed by atoms with van der Waals surface area (Å²) in [5.74, 6) is -1.32. The summed E-state index contributed by atoms with van der Waals surface area (Å²) in [6.07, 6.45) is -0.281. The van der Waals surface area contributed by atoms with Crippen molar-refractivity contribution in [2.24, 2.45) is 0 Å². The van der Waals surface area contributed by atoms with Gasteiger partial charge >= 0.3 is 0 Å². The van der Waals surface area contributed by atoms with Crippen LogP contribution in [0.1, 0.15) is 18.3 Å². The molecular weight excluding hydrogens is 256 g/mol. The van der Waals surface area contributed by atoms with Gasteiger partial charge in [0.05, 0.1) is 6.10 Å². The molecule has 0 radical (unpaired) electrons. The van der Waals surface area contributed by atoms with Gasteiger partial charge in [0, 0.05) is 12.0 Å². The molecule has 0 bridgehead atoms. The van der Waals surface area contributed by atoms with E-state index in [0.29, 0.717) is 0 Å². The number of aromatic amines is 1. The highest BCUT2D eigenvalue weighted by molar-refractivity contribution is 5.27. The van der Waals surface area contributed by atoms with E-state index in [2.05, 4.69) is 15.2 Å². The summed E-state index contributed by atoms with van der Waals surface area (Å²) in [5.41, 5.74) is -2.33. The van der Waals surface area contributed by atoms with Crippen LogP contribution in [0, 0.1) is 11.6 Å². The van der Waals surface area contributed by atoms with E-state index in [9.17, 15) is 19.0 Å². The van der Waals surface area contributed by atoms with E-state index in [0.717, 1.165) is 18.2 Å². The molecule has 0 aliphatic rings. The highest BCUT2D eigenvalue weighted by Crippen LogP contribution is 2.31. The van der Waals surface area contributed by atoms with Crippen LogP contribution in [0.4, 0.5) is 8.78 Å². The monoisotopic (exact) mass is 269 g/mol. The van der Waals surface area contributed by atoms with Crippen LogP contribution in [0.3, 0.4) is 0 Å². The van der Waals surface area contributed by atoms with Crippen LogP contribution >= 0.6 is 0 Å². The molecule has 102 valence electrons. The van der Waals surface area contributed by atoms with Gasteiger partial charge in [0.15, 0.2) is 5.82 Å². The number of H-pyrrole nitrogens is 1. The molecule has 3 N–H and O–H groups in total. The summed E-state index contributed by atoms with van der Waals surface area (Å²) in [4.78, 5) is 3.81. The van der Waals surface area contributed by atoms with Crippen LogP contribution in [-0.4, -0.2) is 31.5 Å². The van der Waals surface area contributed by atoms with E-state index >= 15 is 0 Å². The fourth-order valence-electron chi connectivity index (χ4n) is 1.86. The molecule has 0 amide bonds. The lowest BCUT2D eigenvalue weighted by Crippen LogP contribution is -2.41. The molecule has 0 fully saturated rings. The van der Waals surface area contributed by atoms with Crippen molar-refractivity contribution in [1.82, 2.24) is 15.2 Å². The number of aliphatic hydroxyl groups is 2. The lowest BCUT2D eigenvalue weighted by Gasteiger charge is -2.30. The van der Waals surface area contributed by atoms with Crippen LogP contribution in [-0.2, 0) is 12.0 Å². The average Bonchev–Trinajstić information content (AvgIpc) is 2.84. The number of rotatable bonds is 4. The van der Waals surface area contributed by atoms with E-state index < -0.39 is 23.3 Å². The third-order valence-corrected chi connectivity index (χ3v) is 2.98. The quantitative estimate of drug-likeness (QED) is 0.770. The third kappa shape index (κ3) is 2.61. The van der Waals surface area contributed by atoms with Crippen LogP contribution in [0.5, 0.6) is 0 Å². The lowest BCUT2D eigenvalue weighted by molar-refractivity contribution is -0.0747. The smallest absolute Gasteiger partial charge is 0.153 e. The SMILES string of the molecule is C[C@@H](O)[C@@](O)(Cc1nc[nH]n1)c1cc(F)ccc1F.